The molecule has 0 atom stereocenters. The first kappa shape index (κ1) is 10.7. The summed E-state index contributed by atoms with van der Waals surface area (Å²) in [5, 5.41) is 9.46. The van der Waals surface area contributed by atoms with Gasteiger partial charge in [0.15, 0.2) is 0 Å². The number of hydrogen-bond acceptors (Lipinski definition) is 3. The van der Waals surface area contributed by atoms with Crippen molar-refractivity contribution < 1.29 is 4.39 Å². The molecule has 0 saturated heterocycles. The van der Waals surface area contributed by atoms with Crippen molar-refractivity contribution in [1.82, 2.24) is 4.98 Å². The molecule has 0 bridgehead atoms. The van der Waals surface area contributed by atoms with Gasteiger partial charge in [-0.2, -0.15) is 5.26 Å². The number of nitrogens with zero attached hydrogens (tertiary/aromatic N) is 2. The molecule has 0 fully saturated rings. The third-order valence-corrected chi connectivity index (χ3v) is 2.84. The SMILES string of the molecule is N#Cc1ccnc(Sc2ccc(F)cc2)c1. The summed E-state index contributed by atoms with van der Waals surface area (Å²) in [5.41, 5.74) is 0.569. The van der Waals surface area contributed by atoms with Crippen LogP contribution in [0.2, 0.25) is 0 Å². The van der Waals surface area contributed by atoms with E-state index < -0.39 is 0 Å². The molecule has 1 aromatic heterocycles. The Morgan fingerprint density at radius 3 is 2.62 bits per heavy atom. The maximum atomic E-state index is 12.7. The summed E-state index contributed by atoms with van der Waals surface area (Å²) in [6.45, 7) is 0. The van der Waals surface area contributed by atoms with Crippen molar-refractivity contribution >= 4 is 11.8 Å². The van der Waals surface area contributed by atoms with Gasteiger partial charge in [0.05, 0.1) is 11.6 Å². The maximum absolute atomic E-state index is 12.7. The van der Waals surface area contributed by atoms with Crippen LogP contribution in [0.4, 0.5) is 4.39 Å². The van der Waals surface area contributed by atoms with E-state index in [0.717, 1.165) is 9.92 Å². The zero-order chi connectivity index (χ0) is 11.4. The van der Waals surface area contributed by atoms with E-state index in [2.05, 4.69) is 4.98 Å². The van der Waals surface area contributed by atoms with E-state index in [1.807, 2.05) is 6.07 Å². The van der Waals surface area contributed by atoms with Crippen molar-refractivity contribution in [2.75, 3.05) is 0 Å². The summed E-state index contributed by atoms with van der Waals surface area (Å²) >= 11 is 1.40. The Kier molecular flexibility index (Phi) is 3.18. The van der Waals surface area contributed by atoms with E-state index in [9.17, 15) is 4.39 Å². The number of benzene rings is 1. The monoisotopic (exact) mass is 230 g/mol. The van der Waals surface area contributed by atoms with Crippen molar-refractivity contribution in [2.45, 2.75) is 9.92 Å². The molecule has 0 aliphatic carbocycles. The van der Waals surface area contributed by atoms with Crippen molar-refractivity contribution in [3.05, 3.63) is 54.0 Å². The van der Waals surface area contributed by atoms with Crippen LogP contribution in [0.5, 0.6) is 0 Å². The first-order chi connectivity index (χ1) is 7.78. The predicted octanol–water partition coefficient (Wildman–Crippen LogP) is 3.24. The van der Waals surface area contributed by atoms with Gasteiger partial charge in [0.1, 0.15) is 10.8 Å². The first-order valence-corrected chi connectivity index (χ1v) is 5.39. The maximum Gasteiger partial charge on any atom is 0.123 e. The van der Waals surface area contributed by atoms with Gasteiger partial charge in [0.25, 0.3) is 0 Å². The summed E-state index contributed by atoms with van der Waals surface area (Å²) < 4.78 is 12.7. The molecular weight excluding hydrogens is 223 g/mol. The molecule has 0 amide bonds. The molecule has 78 valence electrons. The van der Waals surface area contributed by atoms with Crippen LogP contribution in [-0.4, -0.2) is 4.98 Å². The molecule has 4 heteroatoms. The molecule has 0 N–H and O–H groups in total. The lowest BCUT2D eigenvalue weighted by Gasteiger charge is -2.00. The van der Waals surface area contributed by atoms with Gasteiger partial charge >= 0.3 is 0 Å². The Balaban J connectivity index is 2.21. The second kappa shape index (κ2) is 4.77. The van der Waals surface area contributed by atoms with Crippen LogP contribution in [0.25, 0.3) is 0 Å². The van der Waals surface area contributed by atoms with E-state index in [-0.39, 0.29) is 5.82 Å². The van der Waals surface area contributed by atoms with Gasteiger partial charge in [-0.3, -0.25) is 0 Å². The quantitative estimate of drug-likeness (QED) is 0.794. The molecule has 16 heavy (non-hydrogen) atoms. The van der Waals surface area contributed by atoms with Crippen molar-refractivity contribution in [3.63, 3.8) is 0 Å². The molecule has 1 heterocycles. The molecule has 2 aromatic rings. The Labute approximate surface area is 96.8 Å². The van der Waals surface area contributed by atoms with E-state index in [0.29, 0.717) is 5.56 Å². The molecule has 0 spiro atoms. The largest absolute Gasteiger partial charge is 0.250 e. The predicted molar refractivity (Wildman–Crippen MR) is 59.5 cm³/mol. The highest BCUT2D eigenvalue weighted by Crippen LogP contribution is 2.26. The average Bonchev–Trinajstić information content (AvgIpc) is 2.32. The van der Waals surface area contributed by atoms with Crippen LogP contribution in [0.15, 0.2) is 52.5 Å². The highest BCUT2D eigenvalue weighted by molar-refractivity contribution is 7.99. The molecule has 0 radical (unpaired) electrons. The fraction of sp³-hybridized carbons (Fsp3) is 0. The third kappa shape index (κ3) is 2.59. The zero-order valence-corrected chi connectivity index (χ0v) is 9.04. The number of aromatic nitrogens is 1. The van der Waals surface area contributed by atoms with Gasteiger partial charge in [-0.05, 0) is 36.4 Å². The van der Waals surface area contributed by atoms with Crippen LogP contribution in [0.3, 0.4) is 0 Å². The zero-order valence-electron chi connectivity index (χ0n) is 8.22. The minimum absolute atomic E-state index is 0.261. The lowest BCUT2D eigenvalue weighted by Crippen LogP contribution is -1.82. The number of hydrogen-bond donors (Lipinski definition) is 0. The Morgan fingerprint density at radius 1 is 1.19 bits per heavy atom. The smallest absolute Gasteiger partial charge is 0.123 e. The van der Waals surface area contributed by atoms with E-state index in [1.54, 1.807) is 30.5 Å². The van der Waals surface area contributed by atoms with Crippen LogP contribution < -0.4 is 0 Å². The van der Waals surface area contributed by atoms with Crippen LogP contribution in [0, 0.1) is 17.1 Å². The van der Waals surface area contributed by atoms with Crippen LogP contribution in [0.1, 0.15) is 5.56 Å². The summed E-state index contributed by atoms with van der Waals surface area (Å²) in [4.78, 5) is 5.02. The van der Waals surface area contributed by atoms with Crippen LogP contribution in [-0.2, 0) is 0 Å². The fourth-order valence-corrected chi connectivity index (χ4v) is 1.97. The first-order valence-electron chi connectivity index (χ1n) is 4.57. The highest BCUT2D eigenvalue weighted by atomic mass is 32.2. The topological polar surface area (TPSA) is 36.7 Å². The molecule has 2 nitrogen and oxygen atoms in total. The van der Waals surface area contributed by atoms with Crippen molar-refractivity contribution in [2.24, 2.45) is 0 Å². The Hall–Kier alpha value is -1.86. The van der Waals surface area contributed by atoms with Crippen LogP contribution >= 0.6 is 11.8 Å². The normalized spacial score (nSPS) is 9.75. The van der Waals surface area contributed by atoms with Crippen molar-refractivity contribution in [3.8, 4) is 6.07 Å². The van der Waals surface area contributed by atoms with Gasteiger partial charge in [-0.1, -0.05) is 11.8 Å². The summed E-state index contributed by atoms with van der Waals surface area (Å²) in [6.07, 6.45) is 1.59. The Morgan fingerprint density at radius 2 is 1.94 bits per heavy atom. The molecule has 0 unspecified atom stereocenters. The van der Waals surface area contributed by atoms with Gasteiger partial charge in [-0.15, -0.1) is 0 Å². The second-order valence-corrected chi connectivity index (χ2v) is 4.14. The molecule has 0 aliphatic rings. The lowest BCUT2D eigenvalue weighted by molar-refractivity contribution is 0.626. The minimum Gasteiger partial charge on any atom is -0.250 e. The number of halogens is 1. The molecular formula is C12H7FN2S. The average molecular weight is 230 g/mol. The molecule has 0 saturated carbocycles. The number of rotatable bonds is 2. The molecule has 1 aromatic carbocycles. The van der Waals surface area contributed by atoms with Gasteiger partial charge in [-0.25, -0.2) is 9.37 Å². The lowest BCUT2D eigenvalue weighted by atomic mass is 10.3. The summed E-state index contributed by atoms with van der Waals surface area (Å²) in [7, 11) is 0. The van der Waals surface area contributed by atoms with E-state index in [1.165, 1.54) is 23.9 Å². The van der Waals surface area contributed by atoms with Gasteiger partial charge in [0.2, 0.25) is 0 Å². The van der Waals surface area contributed by atoms with Gasteiger partial charge in [0, 0.05) is 11.1 Å². The van der Waals surface area contributed by atoms with Crippen molar-refractivity contribution in [1.29, 1.82) is 5.26 Å². The van der Waals surface area contributed by atoms with Gasteiger partial charge < -0.3 is 0 Å². The van der Waals surface area contributed by atoms with E-state index >= 15 is 0 Å². The highest BCUT2D eigenvalue weighted by Gasteiger charge is 2.00. The number of pyridine rings is 1. The second-order valence-electron chi connectivity index (χ2n) is 3.05. The summed E-state index contributed by atoms with van der Waals surface area (Å²) in [5.74, 6) is -0.261. The van der Waals surface area contributed by atoms with E-state index in [4.69, 9.17) is 5.26 Å². The molecule has 2 rings (SSSR count). The summed E-state index contributed by atoms with van der Waals surface area (Å²) in [6, 6.07) is 11.6. The fourth-order valence-electron chi connectivity index (χ4n) is 1.16. The number of nitriles is 1. The Bertz CT molecular complexity index is 531. The minimum atomic E-state index is -0.261. The standard InChI is InChI=1S/C12H7FN2S/c13-10-1-3-11(4-2-10)16-12-7-9(8-14)5-6-15-12/h1-7H. The molecule has 0 aliphatic heterocycles. The third-order valence-electron chi connectivity index (χ3n) is 1.90.